The second-order valence-electron chi connectivity index (χ2n) is 12.0. The molecule has 1 saturated carbocycles. The standard InChI is InChI=1S/C29H19B7ClFN6O4/c30-26(31)27(32,33)48-28(34,35)29(36,47)44(26)8-2-5-21(45)42-19-10-15-20(9-14(19)6-7-25-11-16(25)24(46)39-12-25)40-13-41-23(15)43-18-4-1-3-17(37)22(18)38/h1-5,9-10,13,16,47H,8,11-12H2,(H,39,46)(H,42,45)(H,40,41,43)/b5-2+/t16?,25-,29?/m0/s1. The van der Waals surface area contributed by atoms with Gasteiger partial charge in [0.1, 0.15) is 35.7 Å². The van der Waals surface area contributed by atoms with Crippen LogP contribution in [0.15, 0.2) is 48.8 Å². The van der Waals surface area contributed by atoms with Crippen molar-refractivity contribution in [2.45, 2.75) is 28.2 Å². The minimum absolute atomic E-state index is 0.0511. The highest BCUT2D eigenvalue weighted by atomic mass is 35.5. The molecule has 3 aromatic rings. The largest absolute Gasteiger partial charge is 0.403 e. The van der Waals surface area contributed by atoms with E-state index in [-0.39, 0.29) is 34.0 Å². The van der Waals surface area contributed by atoms with E-state index < -0.39 is 45.4 Å². The lowest BCUT2D eigenvalue weighted by atomic mass is 9.35. The molecule has 1 aromatic heterocycles. The molecular weight excluding hydrogens is 626 g/mol. The Morgan fingerprint density at radius 1 is 1.17 bits per heavy atom. The second-order valence-corrected chi connectivity index (χ2v) is 12.4. The van der Waals surface area contributed by atoms with Crippen LogP contribution in [0, 0.1) is 29.0 Å². The molecule has 3 heterocycles. The molecule has 2 unspecified atom stereocenters. The quantitative estimate of drug-likeness (QED) is 0.157. The molecule has 4 N–H and O–H groups in total. The zero-order chi connectivity index (χ0) is 34.9. The van der Waals surface area contributed by atoms with Crippen LogP contribution < -0.4 is 16.0 Å². The number of nitrogens with zero attached hydrogens (tertiary/aromatic N) is 3. The first kappa shape index (κ1) is 34.2. The van der Waals surface area contributed by atoms with Crippen molar-refractivity contribution in [1.29, 1.82) is 0 Å². The minimum atomic E-state index is -2.69. The van der Waals surface area contributed by atoms with Gasteiger partial charge in [-0.15, -0.1) is 0 Å². The van der Waals surface area contributed by atoms with E-state index in [0.29, 0.717) is 29.4 Å². The van der Waals surface area contributed by atoms with E-state index in [1.54, 1.807) is 18.2 Å². The van der Waals surface area contributed by atoms with Crippen molar-refractivity contribution in [3.63, 3.8) is 0 Å². The number of ether oxygens (including phenoxy) is 1. The Hall–Kier alpha value is -3.63. The molecule has 1 aliphatic carbocycles. The summed E-state index contributed by atoms with van der Waals surface area (Å²) in [4.78, 5) is 34.6. The second kappa shape index (κ2) is 11.8. The van der Waals surface area contributed by atoms with Crippen LogP contribution in [-0.2, 0) is 14.3 Å². The molecule has 19 heteroatoms. The summed E-state index contributed by atoms with van der Waals surface area (Å²) in [6, 6.07) is 7.65. The van der Waals surface area contributed by atoms with Gasteiger partial charge < -0.3 is 25.8 Å². The third-order valence-corrected chi connectivity index (χ3v) is 8.90. The number of fused-ring (bicyclic) bond motifs is 2. The van der Waals surface area contributed by atoms with Crippen molar-refractivity contribution in [3.8, 4) is 11.8 Å². The normalized spacial score (nSPS) is 26.6. The lowest BCUT2D eigenvalue weighted by Gasteiger charge is -2.68. The first-order valence-electron chi connectivity index (χ1n) is 14.4. The molecule has 3 fully saturated rings. The van der Waals surface area contributed by atoms with Gasteiger partial charge in [-0.25, -0.2) is 14.4 Å². The summed E-state index contributed by atoms with van der Waals surface area (Å²) in [6.45, 7) is -0.00691. The van der Waals surface area contributed by atoms with Crippen molar-refractivity contribution < 1.29 is 23.8 Å². The van der Waals surface area contributed by atoms with E-state index in [1.807, 2.05) is 0 Å². The molecule has 48 heavy (non-hydrogen) atoms. The van der Waals surface area contributed by atoms with Crippen molar-refractivity contribution >= 4 is 106 Å². The SMILES string of the molecule is [B]C1([B])OC([B])([B])C([B])(O)N(C/C=C/C(=O)Nc2cc3c(Nc4cccc(Cl)c4F)ncnc3cc2C#C[C@]23CNC(=O)C2C3)C1([B])[B]. The lowest BCUT2D eigenvalue weighted by molar-refractivity contribution is -0.213. The van der Waals surface area contributed by atoms with Gasteiger partial charge in [-0.2, -0.15) is 0 Å². The fraction of sp³-hybridized carbons (Fsp3) is 0.310. The molecule has 6 rings (SSSR count). The number of morpholine rings is 1. The number of benzene rings is 2. The number of aromatic nitrogens is 2. The van der Waals surface area contributed by atoms with E-state index in [2.05, 4.69) is 37.8 Å². The van der Waals surface area contributed by atoms with Crippen molar-refractivity contribution in [1.82, 2.24) is 20.2 Å². The number of carbonyl (C=O) groups is 2. The molecule has 224 valence electrons. The number of halogens is 2. The Morgan fingerprint density at radius 2 is 1.92 bits per heavy atom. The fourth-order valence-electron chi connectivity index (χ4n) is 5.59. The summed E-state index contributed by atoms with van der Waals surface area (Å²) >= 11 is 5.95. The zero-order valence-corrected chi connectivity index (χ0v) is 25.9. The van der Waals surface area contributed by atoms with Gasteiger partial charge in [-0.1, -0.05) is 35.6 Å². The molecule has 0 bridgehead atoms. The van der Waals surface area contributed by atoms with E-state index >= 15 is 0 Å². The topological polar surface area (TPSA) is 129 Å². The van der Waals surface area contributed by atoms with Crippen LogP contribution in [-0.4, -0.2) is 122 Å². The molecular formula is C29H19B7ClFN6O4. The van der Waals surface area contributed by atoms with E-state index in [0.717, 1.165) is 11.0 Å². The highest BCUT2D eigenvalue weighted by Crippen LogP contribution is 2.55. The number of nitrogens with one attached hydrogen (secondary N) is 3. The predicted molar refractivity (Wildman–Crippen MR) is 184 cm³/mol. The average Bonchev–Trinajstić information content (AvgIpc) is 3.64. The number of rotatable bonds is 6. The molecule has 3 aliphatic rings. The Kier molecular flexibility index (Phi) is 8.39. The number of amides is 2. The maximum Gasteiger partial charge on any atom is 0.248 e. The minimum Gasteiger partial charge on any atom is -0.403 e. The third kappa shape index (κ3) is 5.85. The molecule has 2 aromatic carbocycles. The van der Waals surface area contributed by atoms with Gasteiger partial charge in [-0.05, 0) is 41.4 Å². The van der Waals surface area contributed by atoms with Crippen LogP contribution in [0.5, 0.6) is 0 Å². The summed E-state index contributed by atoms with van der Waals surface area (Å²) in [5.41, 5.74) is -2.08. The van der Waals surface area contributed by atoms with Gasteiger partial charge in [-0.3, -0.25) is 14.5 Å². The molecule has 2 amide bonds. The van der Waals surface area contributed by atoms with Gasteiger partial charge >= 0.3 is 0 Å². The van der Waals surface area contributed by atoms with Crippen molar-refractivity contribution in [3.05, 3.63) is 65.2 Å². The van der Waals surface area contributed by atoms with Crippen LogP contribution in [0.2, 0.25) is 5.02 Å². The Morgan fingerprint density at radius 3 is 2.60 bits per heavy atom. The van der Waals surface area contributed by atoms with Crippen LogP contribution in [0.25, 0.3) is 10.9 Å². The van der Waals surface area contributed by atoms with Gasteiger partial charge in [0, 0.05) is 30.0 Å². The van der Waals surface area contributed by atoms with E-state index in [1.165, 1.54) is 24.5 Å². The zero-order valence-electron chi connectivity index (χ0n) is 25.1. The first-order valence-corrected chi connectivity index (χ1v) is 14.8. The highest BCUT2D eigenvalue weighted by Gasteiger charge is 2.62. The van der Waals surface area contributed by atoms with Crippen LogP contribution in [0.4, 0.5) is 21.6 Å². The maximum atomic E-state index is 14.7. The fourth-order valence-corrected chi connectivity index (χ4v) is 5.77. The summed E-state index contributed by atoms with van der Waals surface area (Å²) in [5, 5.41) is 12.4. The predicted octanol–water partition coefficient (Wildman–Crippen LogP) is -0.733. The number of hydrogen-bond donors (Lipinski definition) is 4. The van der Waals surface area contributed by atoms with Crippen LogP contribution in [0.3, 0.4) is 0 Å². The van der Waals surface area contributed by atoms with Crippen LogP contribution in [0.1, 0.15) is 12.0 Å². The smallest absolute Gasteiger partial charge is 0.248 e. The molecule has 0 spiro atoms. The number of aliphatic hydroxyl groups is 1. The van der Waals surface area contributed by atoms with Crippen molar-refractivity contribution in [2.24, 2.45) is 11.3 Å². The summed E-state index contributed by atoms with van der Waals surface area (Å²) in [7, 11) is 41.3. The van der Waals surface area contributed by atoms with Crippen LogP contribution >= 0.6 is 11.6 Å². The maximum absolute atomic E-state index is 14.7. The summed E-state index contributed by atoms with van der Waals surface area (Å²) < 4.78 is 19.8. The van der Waals surface area contributed by atoms with Gasteiger partial charge in [0.25, 0.3) is 0 Å². The lowest BCUT2D eigenvalue weighted by Crippen LogP contribution is -2.85. The van der Waals surface area contributed by atoms with E-state index in [4.69, 9.17) is 71.3 Å². The third-order valence-electron chi connectivity index (χ3n) is 8.61. The first-order chi connectivity index (χ1) is 22.4. The summed E-state index contributed by atoms with van der Waals surface area (Å²) in [5.74, 6) is 4.89. The van der Waals surface area contributed by atoms with E-state index in [9.17, 15) is 19.1 Å². The van der Waals surface area contributed by atoms with Gasteiger partial charge in [0.2, 0.25) is 11.8 Å². The molecule has 10 nitrogen and oxygen atoms in total. The van der Waals surface area contributed by atoms with Gasteiger partial charge in [0.15, 0.2) is 5.82 Å². The number of carbonyl (C=O) groups excluding carboxylic acids is 2. The monoisotopic (exact) mass is 646 g/mol. The average molecular weight is 646 g/mol. The van der Waals surface area contributed by atoms with Crippen molar-refractivity contribution in [2.75, 3.05) is 23.7 Å². The number of hydrogen-bond acceptors (Lipinski definition) is 8. The highest BCUT2D eigenvalue weighted by molar-refractivity contribution is 6.55. The Balaban J connectivity index is 1.32. The number of anilines is 3. The molecule has 14 radical (unpaired) electrons. The van der Waals surface area contributed by atoms with Gasteiger partial charge in [0.05, 0.1) is 75.8 Å². The number of piperidine rings is 1. The summed E-state index contributed by atoms with van der Waals surface area (Å²) in [6.07, 6.45) is 4.25. The Labute approximate surface area is 290 Å². The molecule has 2 saturated heterocycles. The molecule has 3 atom stereocenters. The Bertz CT molecular complexity index is 1930. The molecule has 2 aliphatic heterocycles.